The Kier molecular flexibility index (Phi) is 9.65. The zero-order valence-electron chi connectivity index (χ0n) is 18.3. The van der Waals surface area contributed by atoms with Crippen molar-refractivity contribution in [2.75, 3.05) is 32.7 Å². The molecule has 1 saturated heterocycles. The number of rotatable bonds is 4. The monoisotopic (exact) mass is 438 g/mol. The van der Waals surface area contributed by atoms with E-state index in [9.17, 15) is 4.79 Å². The number of para-hydroxylation sites is 2. The van der Waals surface area contributed by atoms with Gasteiger partial charge in [0.2, 0.25) is 6.41 Å². The first-order chi connectivity index (χ1) is 14.7. The fourth-order valence-corrected chi connectivity index (χ4v) is 3.90. The zero-order chi connectivity index (χ0) is 21.3. The number of hydrogen-bond acceptors (Lipinski definition) is 3. The normalized spacial score (nSPS) is 14.5. The number of terminal acetylenes is 1. The third kappa shape index (κ3) is 5.91. The van der Waals surface area contributed by atoms with Gasteiger partial charge in [0.15, 0.2) is 0 Å². The van der Waals surface area contributed by atoms with E-state index in [0.29, 0.717) is 0 Å². The first-order valence-electron chi connectivity index (χ1n) is 10.7. The molecule has 164 valence electrons. The quantitative estimate of drug-likeness (QED) is 0.413. The lowest BCUT2D eigenvalue weighted by Gasteiger charge is -2.31. The van der Waals surface area contributed by atoms with Crippen LogP contribution in [0, 0.1) is 12.3 Å². The lowest BCUT2D eigenvalue weighted by molar-refractivity contribution is -0.117. The van der Waals surface area contributed by atoms with Crippen LogP contribution in [-0.4, -0.2) is 48.9 Å². The fraction of sp³-hybridized carbons (Fsp3) is 0.346. The minimum atomic E-state index is 0. The second kappa shape index (κ2) is 12.2. The van der Waals surface area contributed by atoms with Gasteiger partial charge in [-0.05, 0) is 44.4 Å². The van der Waals surface area contributed by atoms with Crippen LogP contribution in [0.25, 0.3) is 5.57 Å². The van der Waals surface area contributed by atoms with Gasteiger partial charge in [0, 0.05) is 37.3 Å². The number of ether oxygens (including phenoxy) is 1. The summed E-state index contributed by atoms with van der Waals surface area (Å²) in [4.78, 5) is 13.9. The predicted molar refractivity (Wildman–Crippen MR) is 130 cm³/mol. The van der Waals surface area contributed by atoms with Crippen molar-refractivity contribution in [2.45, 2.75) is 26.7 Å². The van der Waals surface area contributed by atoms with E-state index in [-0.39, 0.29) is 12.4 Å². The Hall–Kier alpha value is -2.74. The number of nitrogens with zero attached hydrogens (tertiary/aromatic N) is 2. The molecule has 5 heteroatoms. The van der Waals surface area contributed by atoms with Gasteiger partial charge in [-0.2, -0.15) is 0 Å². The average Bonchev–Trinajstić information content (AvgIpc) is 2.80. The molecule has 2 aliphatic heterocycles. The van der Waals surface area contributed by atoms with Crippen molar-refractivity contribution in [1.82, 2.24) is 9.80 Å². The van der Waals surface area contributed by atoms with Crippen LogP contribution < -0.4 is 4.74 Å². The van der Waals surface area contributed by atoms with Crippen molar-refractivity contribution in [2.24, 2.45) is 0 Å². The lowest BCUT2D eigenvalue weighted by atomic mass is 9.86. The first kappa shape index (κ1) is 24.5. The molecule has 0 aromatic heterocycles. The van der Waals surface area contributed by atoms with Crippen LogP contribution in [0.15, 0.2) is 54.1 Å². The van der Waals surface area contributed by atoms with E-state index in [2.05, 4.69) is 47.2 Å². The van der Waals surface area contributed by atoms with E-state index in [4.69, 9.17) is 11.2 Å². The Bertz CT molecular complexity index is 887. The van der Waals surface area contributed by atoms with Gasteiger partial charge in [-0.25, -0.2) is 0 Å². The topological polar surface area (TPSA) is 32.8 Å². The maximum atomic E-state index is 9.89. The SMILES string of the molecule is C#CCN1CCC(=C2c3ccccc3Oc3ccccc32)CC1.CCN(C=O)CC.Cl. The molecule has 0 unspecified atom stereocenters. The lowest BCUT2D eigenvalue weighted by Crippen LogP contribution is -2.31. The number of fused-ring (bicyclic) bond motifs is 2. The molecule has 2 aliphatic rings. The van der Waals surface area contributed by atoms with Gasteiger partial charge in [0.25, 0.3) is 0 Å². The van der Waals surface area contributed by atoms with Crippen molar-refractivity contribution in [3.05, 3.63) is 65.2 Å². The molecule has 2 aromatic carbocycles. The van der Waals surface area contributed by atoms with Crippen molar-refractivity contribution >= 4 is 24.4 Å². The van der Waals surface area contributed by atoms with E-state index in [1.54, 1.807) is 4.90 Å². The molecule has 4 nitrogen and oxygen atoms in total. The van der Waals surface area contributed by atoms with E-state index < -0.39 is 0 Å². The minimum Gasteiger partial charge on any atom is -0.456 e. The maximum absolute atomic E-state index is 9.89. The molecule has 4 rings (SSSR count). The van der Waals surface area contributed by atoms with E-state index in [1.807, 2.05) is 26.0 Å². The van der Waals surface area contributed by atoms with Gasteiger partial charge in [-0.3, -0.25) is 9.69 Å². The maximum Gasteiger partial charge on any atom is 0.209 e. The molecule has 0 N–H and O–H groups in total. The predicted octanol–water partition coefficient (Wildman–Crippen LogP) is 5.23. The molecular weight excluding hydrogens is 408 g/mol. The highest BCUT2D eigenvalue weighted by Crippen LogP contribution is 2.46. The molecular formula is C26H31ClN2O2. The number of piperidine rings is 1. The summed E-state index contributed by atoms with van der Waals surface area (Å²) < 4.78 is 6.09. The molecule has 0 atom stereocenters. The summed E-state index contributed by atoms with van der Waals surface area (Å²) >= 11 is 0. The van der Waals surface area contributed by atoms with Gasteiger partial charge in [-0.15, -0.1) is 18.8 Å². The van der Waals surface area contributed by atoms with Crippen molar-refractivity contribution in [3.63, 3.8) is 0 Å². The number of carbonyl (C=O) groups is 1. The minimum absolute atomic E-state index is 0. The third-order valence-corrected chi connectivity index (χ3v) is 5.62. The molecule has 0 bridgehead atoms. The van der Waals surface area contributed by atoms with Crippen LogP contribution >= 0.6 is 12.4 Å². The fourth-order valence-electron chi connectivity index (χ4n) is 3.90. The smallest absolute Gasteiger partial charge is 0.209 e. The van der Waals surface area contributed by atoms with E-state index >= 15 is 0 Å². The van der Waals surface area contributed by atoms with Gasteiger partial charge < -0.3 is 9.64 Å². The number of carbonyl (C=O) groups excluding carboxylic acids is 1. The van der Waals surface area contributed by atoms with E-state index in [1.165, 1.54) is 22.3 Å². The first-order valence-corrected chi connectivity index (χ1v) is 10.7. The van der Waals surface area contributed by atoms with Gasteiger partial charge in [0.1, 0.15) is 11.5 Å². The summed E-state index contributed by atoms with van der Waals surface area (Å²) in [6, 6.07) is 16.7. The summed E-state index contributed by atoms with van der Waals surface area (Å²) in [6.07, 6.45) is 8.44. The summed E-state index contributed by atoms with van der Waals surface area (Å²) in [5.74, 6) is 4.67. The Morgan fingerprint density at radius 3 is 1.94 bits per heavy atom. The highest BCUT2D eigenvalue weighted by Gasteiger charge is 2.25. The Labute approximate surface area is 192 Å². The second-order valence-electron chi connectivity index (χ2n) is 7.38. The number of likely N-dealkylation sites (tertiary alicyclic amines) is 1. The van der Waals surface area contributed by atoms with Crippen LogP contribution in [-0.2, 0) is 4.79 Å². The highest BCUT2D eigenvalue weighted by molar-refractivity contribution is 5.89. The second-order valence-corrected chi connectivity index (χ2v) is 7.38. The number of benzene rings is 2. The van der Waals surface area contributed by atoms with Crippen molar-refractivity contribution in [1.29, 1.82) is 0 Å². The van der Waals surface area contributed by atoms with Gasteiger partial charge >= 0.3 is 0 Å². The number of amides is 1. The number of hydrogen-bond donors (Lipinski definition) is 0. The largest absolute Gasteiger partial charge is 0.456 e. The molecule has 31 heavy (non-hydrogen) atoms. The van der Waals surface area contributed by atoms with Gasteiger partial charge in [-0.1, -0.05) is 47.9 Å². The Morgan fingerprint density at radius 1 is 1.00 bits per heavy atom. The number of halogens is 1. The molecule has 0 radical (unpaired) electrons. The average molecular weight is 439 g/mol. The molecule has 2 aromatic rings. The Morgan fingerprint density at radius 2 is 1.52 bits per heavy atom. The van der Waals surface area contributed by atoms with E-state index in [0.717, 1.165) is 63.5 Å². The molecule has 0 spiro atoms. The van der Waals surface area contributed by atoms with Gasteiger partial charge in [0.05, 0.1) is 6.54 Å². The van der Waals surface area contributed by atoms with Crippen LogP contribution in [0.2, 0.25) is 0 Å². The van der Waals surface area contributed by atoms with Crippen molar-refractivity contribution < 1.29 is 9.53 Å². The summed E-state index contributed by atoms with van der Waals surface area (Å²) in [5, 5.41) is 0. The molecule has 1 fully saturated rings. The summed E-state index contributed by atoms with van der Waals surface area (Å²) in [5.41, 5.74) is 5.31. The molecule has 0 saturated carbocycles. The molecule has 0 aliphatic carbocycles. The van der Waals surface area contributed by atoms with Crippen LogP contribution in [0.5, 0.6) is 11.5 Å². The Balaban J connectivity index is 0.000000373. The van der Waals surface area contributed by atoms with Crippen LogP contribution in [0.1, 0.15) is 37.8 Å². The highest BCUT2D eigenvalue weighted by atomic mass is 35.5. The summed E-state index contributed by atoms with van der Waals surface area (Å²) in [6.45, 7) is 8.37. The van der Waals surface area contributed by atoms with Crippen LogP contribution in [0.4, 0.5) is 0 Å². The molecule has 2 heterocycles. The standard InChI is InChI=1S/C21H19NO.C5H11NO.ClH/c1-2-13-22-14-11-16(12-15-22)21-17-7-3-5-9-19(17)23-20-10-6-4-8-18(20)21;1-3-6(4-2)5-7;/h1,3-10H,11-15H2;5H,3-4H2,1-2H3;1H. The third-order valence-electron chi connectivity index (χ3n) is 5.62. The van der Waals surface area contributed by atoms with Crippen LogP contribution in [0.3, 0.4) is 0 Å². The molecule has 1 amide bonds. The van der Waals surface area contributed by atoms with Crippen molar-refractivity contribution in [3.8, 4) is 23.8 Å². The summed E-state index contributed by atoms with van der Waals surface area (Å²) in [7, 11) is 0. The zero-order valence-corrected chi connectivity index (χ0v) is 19.2.